The second-order valence-electron chi connectivity index (χ2n) is 5.49. The molecule has 1 fully saturated rings. The van der Waals surface area contributed by atoms with Crippen molar-refractivity contribution in [3.8, 4) is 0 Å². The van der Waals surface area contributed by atoms with Gasteiger partial charge in [-0.2, -0.15) is 4.31 Å². The van der Waals surface area contributed by atoms with E-state index in [0.717, 1.165) is 10.4 Å². The summed E-state index contributed by atoms with van der Waals surface area (Å²) in [7, 11) is -1.41. The zero-order valence-corrected chi connectivity index (χ0v) is 14.6. The molecule has 0 radical (unpaired) electrons. The Labute approximate surface area is 130 Å². The van der Waals surface area contributed by atoms with Crippen LogP contribution >= 0.6 is 22.9 Å². The van der Waals surface area contributed by atoms with Gasteiger partial charge in [0.2, 0.25) is 10.0 Å². The Morgan fingerprint density at radius 2 is 1.90 bits per heavy atom. The zero-order chi connectivity index (χ0) is 15.1. The van der Waals surface area contributed by atoms with Crippen LogP contribution in [0, 0.1) is 6.92 Å². The predicted octanol–water partition coefficient (Wildman–Crippen LogP) is 2.51. The fourth-order valence-electron chi connectivity index (χ4n) is 2.61. The number of halogens is 1. The molecule has 2 rings (SSSR count). The molecule has 2 unspecified atom stereocenters. The lowest BCUT2D eigenvalue weighted by molar-refractivity contribution is 0.105. The van der Waals surface area contributed by atoms with Crippen molar-refractivity contribution < 1.29 is 8.42 Å². The van der Waals surface area contributed by atoms with Crippen LogP contribution in [-0.2, 0) is 15.9 Å². The van der Waals surface area contributed by atoms with Crippen LogP contribution in [0.25, 0.3) is 0 Å². The van der Waals surface area contributed by atoms with Gasteiger partial charge in [0.15, 0.2) is 0 Å². The molecule has 7 heteroatoms. The van der Waals surface area contributed by atoms with Gasteiger partial charge in [-0.3, -0.25) is 4.90 Å². The largest absolute Gasteiger partial charge is 0.298 e. The standard InChI is InChI=1S/C13H21ClN2O2S2/c1-9-8-19-12(5-14)13(9)20(17,18)16-6-10(2)15(4)11(3)7-16/h8,10-11H,5-7H2,1-4H3. The van der Waals surface area contributed by atoms with E-state index in [2.05, 4.69) is 18.7 Å². The number of sulfonamides is 1. The molecule has 2 atom stereocenters. The molecule has 0 aliphatic carbocycles. The van der Waals surface area contributed by atoms with Gasteiger partial charge in [-0.25, -0.2) is 8.42 Å². The van der Waals surface area contributed by atoms with Gasteiger partial charge in [0, 0.05) is 30.1 Å². The van der Waals surface area contributed by atoms with Crippen molar-refractivity contribution in [2.75, 3.05) is 20.1 Å². The number of rotatable bonds is 3. The monoisotopic (exact) mass is 336 g/mol. The van der Waals surface area contributed by atoms with Crippen LogP contribution in [0.5, 0.6) is 0 Å². The first-order valence-corrected chi connectivity index (χ1v) is 9.49. The summed E-state index contributed by atoms with van der Waals surface area (Å²) in [6, 6.07) is 0.429. The maximum atomic E-state index is 12.9. The lowest BCUT2D eigenvalue weighted by atomic mass is 10.1. The number of thiophene rings is 1. The normalized spacial score (nSPS) is 26.1. The van der Waals surface area contributed by atoms with E-state index in [1.165, 1.54) is 11.3 Å². The third-order valence-electron chi connectivity index (χ3n) is 4.03. The van der Waals surface area contributed by atoms with Crippen LogP contribution in [0.15, 0.2) is 10.3 Å². The molecule has 20 heavy (non-hydrogen) atoms. The molecular weight excluding hydrogens is 316 g/mol. The van der Waals surface area contributed by atoms with E-state index in [4.69, 9.17) is 11.6 Å². The summed E-state index contributed by atoms with van der Waals surface area (Å²) in [5.74, 6) is 0.242. The van der Waals surface area contributed by atoms with Gasteiger partial charge in [-0.1, -0.05) is 0 Å². The molecule has 2 heterocycles. The maximum absolute atomic E-state index is 12.9. The lowest BCUT2D eigenvalue weighted by Gasteiger charge is -2.41. The Bertz CT molecular complexity index is 573. The van der Waals surface area contributed by atoms with Crippen molar-refractivity contribution in [1.29, 1.82) is 0 Å². The summed E-state index contributed by atoms with van der Waals surface area (Å²) in [6.07, 6.45) is 0. The fraction of sp³-hybridized carbons (Fsp3) is 0.692. The highest BCUT2D eigenvalue weighted by molar-refractivity contribution is 7.89. The predicted molar refractivity (Wildman–Crippen MR) is 84.1 cm³/mol. The van der Waals surface area contributed by atoms with Crippen LogP contribution in [0.4, 0.5) is 0 Å². The Morgan fingerprint density at radius 1 is 1.35 bits per heavy atom. The van der Waals surface area contributed by atoms with Crippen molar-refractivity contribution in [2.24, 2.45) is 0 Å². The summed E-state index contributed by atoms with van der Waals surface area (Å²) in [4.78, 5) is 3.37. The van der Waals surface area contributed by atoms with Crippen LogP contribution < -0.4 is 0 Å². The topological polar surface area (TPSA) is 40.6 Å². The quantitative estimate of drug-likeness (QED) is 0.796. The average Bonchev–Trinajstić information content (AvgIpc) is 2.77. The first-order valence-electron chi connectivity index (χ1n) is 6.64. The highest BCUT2D eigenvalue weighted by Crippen LogP contribution is 2.32. The minimum Gasteiger partial charge on any atom is -0.298 e. The fourth-order valence-corrected chi connectivity index (χ4v) is 6.22. The number of nitrogens with zero attached hydrogens (tertiary/aromatic N) is 2. The number of alkyl halides is 1. The molecule has 0 saturated carbocycles. The van der Waals surface area contributed by atoms with E-state index < -0.39 is 10.0 Å². The zero-order valence-electron chi connectivity index (χ0n) is 12.3. The first kappa shape index (κ1) is 16.2. The van der Waals surface area contributed by atoms with Crippen molar-refractivity contribution in [3.63, 3.8) is 0 Å². The van der Waals surface area contributed by atoms with E-state index in [0.29, 0.717) is 18.0 Å². The van der Waals surface area contributed by atoms with Crippen LogP contribution in [0.2, 0.25) is 0 Å². The number of likely N-dealkylation sites (N-methyl/N-ethyl adjacent to an activating group) is 1. The highest BCUT2D eigenvalue weighted by atomic mass is 35.5. The maximum Gasteiger partial charge on any atom is 0.244 e. The molecule has 1 saturated heterocycles. The molecule has 0 aromatic carbocycles. The SMILES string of the molecule is Cc1csc(CCl)c1S(=O)(=O)N1CC(C)N(C)C(C)C1. The first-order chi connectivity index (χ1) is 9.28. The molecule has 1 aromatic rings. The van der Waals surface area contributed by atoms with Crippen molar-refractivity contribution in [1.82, 2.24) is 9.21 Å². The summed E-state index contributed by atoms with van der Waals surface area (Å²) < 4.78 is 27.4. The van der Waals surface area contributed by atoms with E-state index >= 15 is 0 Å². The second kappa shape index (κ2) is 5.93. The molecule has 1 aliphatic heterocycles. The Morgan fingerprint density at radius 3 is 2.40 bits per heavy atom. The van der Waals surface area contributed by atoms with E-state index in [9.17, 15) is 8.42 Å². The molecular formula is C13H21ClN2O2S2. The lowest BCUT2D eigenvalue weighted by Crippen LogP contribution is -2.56. The number of aryl methyl sites for hydroxylation is 1. The summed E-state index contributed by atoms with van der Waals surface area (Å²) in [5, 5.41) is 1.87. The third-order valence-corrected chi connectivity index (χ3v) is 7.76. The van der Waals surface area contributed by atoms with Gasteiger partial charge in [0.1, 0.15) is 4.90 Å². The van der Waals surface area contributed by atoms with E-state index in [1.54, 1.807) is 4.31 Å². The van der Waals surface area contributed by atoms with Gasteiger partial charge in [-0.15, -0.1) is 22.9 Å². The second-order valence-corrected chi connectivity index (χ2v) is 8.60. The molecule has 114 valence electrons. The van der Waals surface area contributed by atoms with Gasteiger partial charge >= 0.3 is 0 Å². The summed E-state index contributed by atoms with van der Waals surface area (Å²) in [5.41, 5.74) is 0.796. The molecule has 4 nitrogen and oxygen atoms in total. The van der Waals surface area contributed by atoms with Gasteiger partial charge in [0.05, 0.1) is 5.88 Å². The van der Waals surface area contributed by atoms with Crippen LogP contribution in [0.1, 0.15) is 24.3 Å². The molecule has 0 N–H and O–H groups in total. The average molecular weight is 337 g/mol. The molecule has 0 bridgehead atoms. The van der Waals surface area contributed by atoms with Crippen molar-refractivity contribution in [2.45, 2.75) is 43.6 Å². The smallest absolute Gasteiger partial charge is 0.244 e. The summed E-state index contributed by atoms with van der Waals surface area (Å²) >= 11 is 7.31. The Balaban J connectivity index is 2.38. The highest BCUT2D eigenvalue weighted by Gasteiger charge is 2.36. The Hall–Kier alpha value is -0.140. The number of hydrogen-bond donors (Lipinski definition) is 0. The minimum atomic E-state index is -3.45. The van der Waals surface area contributed by atoms with Crippen LogP contribution in [-0.4, -0.2) is 49.8 Å². The summed E-state index contributed by atoms with van der Waals surface area (Å²) in [6.45, 7) is 7.00. The van der Waals surface area contributed by atoms with Crippen molar-refractivity contribution >= 4 is 33.0 Å². The molecule has 0 amide bonds. The third kappa shape index (κ3) is 2.76. The number of piperazine rings is 1. The molecule has 1 aromatic heterocycles. The van der Waals surface area contributed by atoms with Crippen molar-refractivity contribution in [3.05, 3.63) is 15.8 Å². The van der Waals surface area contributed by atoms with E-state index in [1.807, 2.05) is 19.4 Å². The van der Waals surface area contributed by atoms with E-state index in [-0.39, 0.29) is 18.0 Å². The molecule has 0 spiro atoms. The van der Waals surface area contributed by atoms with Gasteiger partial charge in [0.25, 0.3) is 0 Å². The van der Waals surface area contributed by atoms with Gasteiger partial charge < -0.3 is 0 Å². The van der Waals surface area contributed by atoms with Gasteiger partial charge in [-0.05, 0) is 38.8 Å². The Kier molecular flexibility index (Phi) is 4.81. The minimum absolute atomic E-state index is 0.215. The molecule has 1 aliphatic rings. The number of hydrogen-bond acceptors (Lipinski definition) is 4. The van der Waals surface area contributed by atoms with Crippen LogP contribution in [0.3, 0.4) is 0 Å².